The molecule has 0 unspecified atom stereocenters. The molecule has 154 valence electrons. The van der Waals surface area contributed by atoms with Gasteiger partial charge in [-0.15, -0.1) is 0 Å². The van der Waals surface area contributed by atoms with E-state index in [0.29, 0.717) is 0 Å². The Kier molecular flexibility index (Phi) is 6.60. The van der Waals surface area contributed by atoms with Gasteiger partial charge >= 0.3 is 0 Å². The second-order valence-corrected chi connectivity index (χ2v) is 8.28. The van der Waals surface area contributed by atoms with Crippen molar-refractivity contribution in [3.8, 4) is 11.3 Å². The first-order valence-electron chi connectivity index (χ1n) is 11.0. The number of hydrogen-bond acceptors (Lipinski definition) is 3. The van der Waals surface area contributed by atoms with Gasteiger partial charge in [0.1, 0.15) is 0 Å². The Labute approximate surface area is 179 Å². The minimum atomic E-state index is 0.993. The summed E-state index contributed by atoms with van der Waals surface area (Å²) in [6.45, 7) is 2.17. The first kappa shape index (κ1) is 20.4. The van der Waals surface area contributed by atoms with Crippen molar-refractivity contribution in [2.24, 2.45) is 0 Å². The van der Waals surface area contributed by atoms with Crippen LogP contribution in [0.5, 0.6) is 0 Å². The quantitative estimate of drug-likeness (QED) is 0.323. The molecule has 4 aromatic rings. The third kappa shape index (κ3) is 4.98. The minimum Gasteiger partial charge on any atom is -0.384 e. The Morgan fingerprint density at radius 1 is 0.767 bits per heavy atom. The SMILES string of the molecule is CN(C)CCCCCCNc1cc(-c2ccc3ccccc3c2)nc2ccccc12. The molecule has 3 heteroatoms. The molecule has 1 aromatic heterocycles. The number of aromatic nitrogens is 1. The van der Waals surface area contributed by atoms with Gasteiger partial charge in [-0.05, 0) is 62.5 Å². The average molecular weight is 398 g/mol. The van der Waals surface area contributed by atoms with Crippen LogP contribution < -0.4 is 5.32 Å². The molecule has 0 bridgehead atoms. The van der Waals surface area contributed by atoms with Gasteiger partial charge in [0, 0.05) is 23.2 Å². The number of pyridine rings is 1. The number of fused-ring (bicyclic) bond motifs is 2. The van der Waals surface area contributed by atoms with Crippen molar-refractivity contribution in [3.05, 3.63) is 72.8 Å². The second kappa shape index (κ2) is 9.73. The van der Waals surface area contributed by atoms with Crippen LogP contribution in [-0.2, 0) is 0 Å². The Balaban J connectivity index is 1.52. The molecule has 0 radical (unpaired) electrons. The lowest BCUT2D eigenvalue weighted by molar-refractivity contribution is 0.391. The van der Waals surface area contributed by atoms with Crippen LogP contribution in [-0.4, -0.2) is 37.1 Å². The topological polar surface area (TPSA) is 28.2 Å². The van der Waals surface area contributed by atoms with Crippen LogP contribution in [0.25, 0.3) is 32.9 Å². The summed E-state index contributed by atoms with van der Waals surface area (Å²) in [5, 5.41) is 7.38. The number of anilines is 1. The van der Waals surface area contributed by atoms with Gasteiger partial charge in [0.25, 0.3) is 0 Å². The Hall–Kier alpha value is -2.91. The van der Waals surface area contributed by atoms with Crippen molar-refractivity contribution in [2.75, 3.05) is 32.5 Å². The summed E-state index contributed by atoms with van der Waals surface area (Å²) in [5.41, 5.74) is 4.40. The largest absolute Gasteiger partial charge is 0.384 e. The van der Waals surface area contributed by atoms with E-state index in [4.69, 9.17) is 4.98 Å². The summed E-state index contributed by atoms with van der Waals surface area (Å²) in [6.07, 6.45) is 5.02. The van der Waals surface area contributed by atoms with E-state index >= 15 is 0 Å². The van der Waals surface area contributed by atoms with E-state index in [-0.39, 0.29) is 0 Å². The molecular weight excluding hydrogens is 366 g/mol. The van der Waals surface area contributed by atoms with E-state index in [2.05, 4.69) is 97.1 Å². The molecule has 0 saturated heterocycles. The zero-order valence-corrected chi connectivity index (χ0v) is 18.1. The molecule has 0 saturated carbocycles. The highest BCUT2D eigenvalue weighted by Gasteiger charge is 2.08. The highest BCUT2D eigenvalue weighted by Crippen LogP contribution is 2.30. The zero-order valence-electron chi connectivity index (χ0n) is 18.1. The van der Waals surface area contributed by atoms with Gasteiger partial charge in [-0.1, -0.05) is 67.4 Å². The lowest BCUT2D eigenvalue weighted by Gasteiger charge is -2.13. The zero-order chi connectivity index (χ0) is 20.8. The van der Waals surface area contributed by atoms with Crippen LogP contribution >= 0.6 is 0 Å². The third-order valence-corrected chi connectivity index (χ3v) is 5.61. The molecule has 0 amide bonds. The summed E-state index contributed by atoms with van der Waals surface area (Å²) in [4.78, 5) is 7.21. The predicted octanol–water partition coefficient (Wildman–Crippen LogP) is 6.59. The Bertz CT molecular complexity index is 1120. The molecular formula is C27H31N3. The standard InChI is InChI=1S/C27H31N3/c1-30(2)18-10-4-3-9-17-28-27-20-26(29-25-14-8-7-13-24(25)27)23-16-15-21-11-5-6-12-22(21)19-23/h5-8,11-16,19-20H,3-4,9-10,17-18H2,1-2H3,(H,28,29). The maximum atomic E-state index is 4.95. The molecule has 4 rings (SSSR count). The van der Waals surface area contributed by atoms with Crippen LogP contribution in [0.3, 0.4) is 0 Å². The molecule has 3 nitrogen and oxygen atoms in total. The molecule has 0 atom stereocenters. The fourth-order valence-electron chi connectivity index (χ4n) is 3.95. The summed E-state index contributed by atoms with van der Waals surface area (Å²) in [7, 11) is 4.28. The lowest BCUT2D eigenvalue weighted by Crippen LogP contribution is -2.12. The number of nitrogens with one attached hydrogen (secondary N) is 1. The molecule has 0 aliphatic heterocycles. The highest BCUT2D eigenvalue weighted by molar-refractivity contribution is 5.95. The van der Waals surface area contributed by atoms with Crippen molar-refractivity contribution in [1.29, 1.82) is 0 Å². The number of unbranched alkanes of at least 4 members (excludes halogenated alkanes) is 3. The minimum absolute atomic E-state index is 0.993. The fourth-order valence-corrected chi connectivity index (χ4v) is 3.95. The van der Waals surface area contributed by atoms with Gasteiger partial charge in [0.2, 0.25) is 0 Å². The number of hydrogen-bond donors (Lipinski definition) is 1. The van der Waals surface area contributed by atoms with Crippen LogP contribution in [0.15, 0.2) is 72.8 Å². The van der Waals surface area contributed by atoms with E-state index in [1.807, 2.05) is 0 Å². The average Bonchev–Trinajstić information content (AvgIpc) is 2.77. The van der Waals surface area contributed by atoms with Gasteiger partial charge < -0.3 is 10.2 Å². The number of para-hydroxylation sites is 1. The van der Waals surface area contributed by atoms with Gasteiger partial charge in [-0.25, -0.2) is 4.98 Å². The lowest BCUT2D eigenvalue weighted by atomic mass is 10.0. The second-order valence-electron chi connectivity index (χ2n) is 8.28. The smallest absolute Gasteiger partial charge is 0.0730 e. The summed E-state index contributed by atoms with van der Waals surface area (Å²) < 4.78 is 0. The Morgan fingerprint density at radius 2 is 1.53 bits per heavy atom. The third-order valence-electron chi connectivity index (χ3n) is 5.61. The van der Waals surface area contributed by atoms with Crippen LogP contribution in [0.4, 0.5) is 5.69 Å². The van der Waals surface area contributed by atoms with Crippen LogP contribution in [0.2, 0.25) is 0 Å². The molecule has 0 spiro atoms. The number of nitrogens with zero attached hydrogens (tertiary/aromatic N) is 2. The normalized spacial score (nSPS) is 11.4. The maximum absolute atomic E-state index is 4.95. The van der Waals surface area contributed by atoms with Crippen molar-refractivity contribution in [3.63, 3.8) is 0 Å². The molecule has 1 heterocycles. The molecule has 3 aromatic carbocycles. The van der Waals surface area contributed by atoms with E-state index in [0.717, 1.165) is 23.3 Å². The van der Waals surface area contributed by atoms with Crippen molar-refractivity contribution < 1.29 is 0 Å². The molecule has 0 fully saturated rings. The molecule has 1 N–H and O–H groups in total. The summed E-state index contributed by atoms with van der Waals surface area (Å²) >= 11 is 0. The van der Waals surface area contributed by atoms with Gasteiger partial charge in [-0.3, -0.25) is 0 Å². The fraction of sp³-hybridized carbons (Fsp3) is 0.296. The Morgan fingerprint density at radius 3 is 2.40 bits per heavy atom. The first-order chi connectivity index (χ1) is 14.7. The van der Waals surface area contributed by atoms with Gasteiger partial charge in [-0.2, -0.15) is 0 Å². The molecule has 30 heavy (non-hydrogen) atoms. The van der Waals surface area contributed by atoms with Crippen molar-refractivity contribution >= 4 is 27.4 Å². The van der Waals surface area contributed by atoms with E-state index in [1.54, 1.807) is 0 Å². The van der Waals surface area contributed by atoms with Gasteiger partial charge in [0.05, 0.1) is 11.2 Å². The molecule has 0 aliphatic carbocycles. The highest BCUT2D eigenvalue weighted by atomic mass is 15.0. The predicted molar refractivity (Wildman–Crippen MR) is 130 cm³/mol. The summed E-state index contributed by atoms with van der Waals surface area (Å²) in [5.74, 6) is 0. The van der Waals surface area contributed by atoms with E-state index < -0.39 is 0 Å². The maximum Gasteiger partial charge on any atom is 0.0730 e. The number of benzene rings is 3. The molecule has 0 aliphatic rings. The summed E-state index contributed by atoms with van der Waals surface area (Å²) in [6, 6.07) is 25.7. The van der Waals surface area contributed by atoms with E-state index in [9.17, 15) is 0 Å². The van der Waals surface area contributed by atoms with Crippen LogP contribution in [0, 0.1) is 0 Å². The van der Waals surface area contributed by atoms with Crippen molar-refractivity contribution in [1.82, 2.24) is 9.88 Å². The first-order valence-corrected chi connectivity index (χ1v) is 11.0. The van der Waals surface area contributed by atoms with Crippen LogP contribution in [0.1, 0.15) is 25.7 Å². The number of rotatable bonds is 9. The van der Waals surface area contributed by atoms with Crippen molar-refractivity contribution in [2.45, 2.75) is 25.7 Å². The van der Waals surface area contributed by atoms with Gasteiger partial charge in [0.15, 0.2) is 0 Å². The monoisotopic (exact) mass is 397 g/mol. The van der Waals surface area contributed by atoms with E-state index in [1.165, 1.54) is 54.1 Å².